The summed E-state index contributed by atoms with van der Waals surface area (Å²) in [7, 11) is 0. The number of hydrogen-bond acceptors (Lipinski definition) is 2. The second-order valence-corrected chi connectivity index (χ2v) is 4.87. The van der Waals surface area contributed by atoms with Crippen LogP contribution < -0.4 is 11.1 Å². The lowest BCUT2D eigenvalue weighted by Crippen LogP contribution is -2.27. The molecule has 3 N–H and O–H groups in total. The largest absolute Gasteiger partial charge is 0.399 e. The lowest BCUT2D eigenvalue weighted by Gasteiger charge is -2.15. The molecule has 0 aliphatic heterocycles. The van der Waals surface area contributed by atoms with Crippen molar-refractivity contribution in [1.82, 2.24) is 5.32 Å². The minimum absolute atomic E-state index is 0.0748. The van der Waals surface area contributed by atoms with Gasteiger partial charge in [0.15, 0.2) is 5.82 Å². The summed E-state index contributed by atoms with van der Waals surface area (Å²) < 4.78 is 13.8. The highest BCUT2D eigenvalue weighted by atomic mass is 35.5. The summed E-state index contributed by atoms with van der Waals surface area (Å²) in [6.07, 6.45) is 0. The van der Waals surface area contributed by atoms with E-state index in [0.29, 0.717) is 5.69 Å². The van der Waals surface area contributed by atoms with Crippen LogP contribution in [0, 0.1) is 5.82 Å². The highest BCUT2D eigenvalue weighted by Gasteiger charge is 2.16. The Hall–Kier alpha value is -2.07. The van der Waals surface area contributed by atoms with Crippen molar-refractivity contribution in [3.63, 3.8) is 0 Å². The molecule has 1 unspecified atom stereocenters. The Morgan fingerprint density at radius 1 is 1.30 bits per heavy atom. The van der Waals surface area contributed by atoms with E-state index in [9.17, 15) is 9.18 Å². The van der Waals surface area contributed by atoms with Crippen LogP contribution in [0.5, 0.6) is 0 Å². The first-order valence-corrected chi connectivity index (χ1v) is 6.47. The van der Waals surface area contributed by atoms with Crippen LogP contribution >= 0.6 is 11.6 Å². The summed E-state index contributed by atoms with van der Waals surface area (Å²) >= 11 is 5.66. The van der Waals surface area contributed by atoms with Crippen LogP contribution in [0.1, 0.15) is 28.9 Å². The maximum Gasteiger partial charge on any atom is 0.254 e. The van der Waals surface area contributed by atoms with Gasteiger partial charge in [-0.3, -0.25) is 4.79 Å². The number of nitrogen functional groups attached to an aromatic ring is 1. The van der Waals surface area contributed by atoms with Gasteiger partial charge in [0.25, 0.3) is 5.91 Å². The third-order valence-electron chi connectivity index (χ3n) is 2.95. The number of nitrogens with one attached hydrogen (secondary N) is 1. The molecule has 0 spiro atoms. The van der Waals surface area contributed by atoms with Crippen molar-refractivity contribution < 1.29 is 9.18 Å². The zero-order chi connectivity index (χ0) is 14.7. The number of rotatable bonds is 3. The molecule has 3 nitrogen and oxygen atoms in total. The molecule has 0 saturated carbocycles. The van der Waals surface area contributed by atoms with Gasteiger partial charge in [0.2, 0.25) is 0 Å². The maximum absolute atomic E-state index is 13.8. The highest BCUT2D eigenvalue weighted by Crippen LogP contribution is 2.20. The van der Waals surface area contributed by atoms with E-state index in [4.69, 9.17) is 17.3 Å². The Labute approximate surface area is 121 Å². The molecule has 20 heavy (non-hydrogen) atoms. The van der Waals surface area contributed by atoms with Crippen molar-refractivity contribution in [2.45, 2.75) is 13.0 Å². The van der Waals surface area contributed by atoms with Crippen LogP contribution in [0.25, 0.3) is 0 Å². The molecule has 0 aliphatic rings. The minimum atomic E-state index is -0.716. The molecule has 2 aromatic rings. The molecule has 1 amide bonds. The molecule has 0 fully saturated rings. The van der Waals surface area contributed by atoms with Crippen molar-refractivity contribution in [3.05, 3.63) is 64.4 Å². The van der Waals surface area contributed by atoms with Gasteiger partial charge in [-0.15, -0.1) is 0 Å². The summed E-state index contributed by atoms with van der Waals surface area (Å²) in [6.45, 7) is 1.80. The van der Waals surface area contributed by atoms with E-state index in [0.717, 1.165) is 5.56 Å². The normalized spacial score (nSPS) is 11.9. The topological polar surface area (TPSA) is 55.1 Å². The second kappa shape index (κ2) is 5.92. The third kappa shape index (κ3) is 3.08. The maximum atomic E-state index is 13.8. The van der Waals surface area contributed by atoms with E-state index >= 15 is 0 Å². The molecule has 2 rings (SSSR count). The molecule has 0 heterocycles. The van der Waals surface area contributed by atoms with Gasteiger partial charge in [0, 0.05) is 5.69 Å². The number of anilines is 1. The van der Waals surface area contributed by atoms with Crippen LogP contribution in [0.15, 0.2) is 42.5 Å². The molecule has 0 saturated heterocycles. The van der Waals surface area contributed by atoms with Crippen LogP contribution in [0.3, 0.4) is 0 Å². The Morgan fingerprint density at radius 2 is 2.00 bits per heavy atom. The summed E-state index contributed by atoms with van der Waals surface area (Å²) in [5, 5.41) is 2.64. The van der Waals surface area contributed by atoms with Crippen LogP contribution in [0.4, 0.5) is 10.1 Å². The highest BCUT2D eigenvalue weighted by molar-refractivity contribution is 6.31. The number of amides is 1. The Bertz CT molecular complexity index is 646. The predicted octanol–water partition coefficient (Wildman–Crippen LogP) is 3.55. The average Bonchev–Trinajstić information content (AvgIpc) is 2.41. The van der Waals surface area contributed by atoms with Gasteiger partial charge in [-0.2, -0.15) is 0 Å². The molecular weight excluding hydrogens is 279 g/mol. The second-order valence-electron chi connectivity index (χ2n) is 4.47. The minimum Gasteiger partial charge on any atom is -0.399 e. The van der Waals surface area contributed by atoms with Crippen molar-refractivity contribution in [3.8, 4) is 0 Å². The van der Waals surface area contributed by atoms with Gasteiger partial charge in [0.05, 0.1) is 16.6 Å². The van der Waals surface area contributed by atoms with Crippen LogP contribution in [0.2, 0.25) is 5.02 Å². The molecule has 2 aromatic carbocycles. The summed E-state index contributed by atoms with van der Waals surface area (Å²) in [5.74, 6) is -1.23. The molecule has 0 radical (unpaired) electrons. The van der Waals surface area contributed by atoms with E-state index < -0.39 is 11.7 Å². The summed E-state index contributed by atoms with van der Waals surface area (Å²) in [5.41, 5.74) is 7.07. The number of hydrogen-bond donors (Lipinski definition) is 2. The number of carbonyl (C=O) groups excluding carboxylic acids is 1. The molecule has 0 aromatic heterocycles. The standard InChI is InChI=1S/C15H14ClFN2O/c1-9(10-4-2-5-11(18)8-10)19-15(20)12-6-3-7-13(16)14(12)17/h2-9H,18H2,1H3,(H,19,20). The van der Waals surface area contributed by atoms with Crippen molar-refractivity contribution in [2.24, 2.45) is 0 Å². The Morgan fingerprint density at radius 3 is 2.70 bits per heavy atom. The van der Waals surface area contributed by atoms with E-state index in [1.54, 1.807) is 25.1 Å². The first kappa shape index (κ1) is 14.3. The van der Waals surface area contributed by atoms with E-state index in [1.165, 1.54) is 18.2 Å². The van der Waals surface area contributed by atoms with Crippen molar-refractivity contribution in [2.75, 3.05) is 5.73 Å². The van der Waals surface area contributed by atoms with Crippen LogP contribution in [-0.2, 0) is 0 Å². The molecule has 0 bridgehead atoms. The number of carbonyl (C=O) groups is 1. The Balaban J connectivity index is 2.17. The first-order valence-electron chi connectivity index (χ1n) is 6.09. The average molecular weight is 293 g/mol. The van der Waals surface area contributed by atoms with Crippen LogP contribution in [-0.4, -0.2) is 5.91 Å². The van der Waals surface area contributed by atoms with E-state index in [-0.39, 0.29) is 16.6 Å². The summed E-state index contributed by atoms with van der Waals surface area (Å²) in [6, 6.07) is 11.2. The van der Waals surface area contributed by atoms with Crippen molar-refractivity contribution in [1.29, 1.82) is 0 Å². The lowest BCUT2D eigenvalue weighted by molar-refractivity contribution is 0.0936. The summed E-state index contributed by atoms with van der Waals surface area (Å²) in [4.78, 5) is 12.0. The monoisotopic (exact) mass is 292 g/mol. The third-order valence-corrected chi connectivity index (χ3v) is 3.25. The number of benzene rings is 2. The quantitative estimate of drug-likeness (QED) is 0.850. The SMILES string of the molecule is CC(NC(=O)c1cccc(Cl)c1F)c1cccc(N)c1. The zero-order valence-corrected chi connectivity index (χ0v) is 11.6. The van der Waals surface area contributed by atoms with Gasteiger partial charge in [-0.1, -0.05) is 29.8 Å². The lowest BCUT2D eigenvalue weighted by atomic mass is 10.1. The smallest absolute Gasteiger partial charge is 0.254 e. The molecule has 5 heteroatoms. The van der Waals surface area contributed by atoms with E-state index in [1.807, 2.05) is 6.07 Å². The van der Waals surface area contributed by atoms with E-state index in [2.05, 4.69) is 5.32 Å². The van der Waals surface area contributed by atoms with Crippen molar-refractivity contribution >= 4 is 23.2 Å². The number of nitrogens with two attached hydrogens (primary N) is 1. The number of halogens is 2. The Kier molecular flexibility index (Phi) is 4.25. The first-order chi connectivity index (χ1) is 9.49. The predicted molar refractivity (Wildman–Crippen MR) is 78.1 cm³/mol. The van der Waals surface area contributed by atoms with Gasteiger partial charge in [-0.05, 0) is 36.8 Å². The van der Waals surface area contributed by atoms with Gasteiger partial charge >= 0.3 is 0 Å². The zero-order valence-electron chi connectivity index (χ0n) is 10.9. The molecule has 1 atom stereocenters. The molecular formula is C15H14ClFN2O. The molecule has 0 aliphatic carbocycles. The fraction of sp³-hybridized carbons (Fsp3) is 0.133. The fourth-order valence-corrected chi connectivity index (χ4v) is 2.04. The fourth-order valence-electron chi connectivity index (χ4n) is 1.87. The van der Waals surface area contributed by atoms with Gasteiger partial charge in [0.1, 0.15) is 0 Å². The van der Waals surface area contributed by atoms with Gasteiger partial charge < -0.3 is 11.1 Å². The molecule has 104 valence electrons. The van der Waals surface area contributed by atoms with Gasteiger partial charge in [-0.25, -0.2) is 4.39 Å².